The minimum atomic E-state index is -0.171. The predicted octanol–water partition coefficient (Wildman–Crippen LogP) is 15.1. The van der Waals surface area contributed by atoms with Gasteiger partial charge in [-0.3, -0.25) is 0 Å². The molecule has 0 fully saturated rings. The smallest absolute Gasteiger partial charge is 0.137 e. The van der Waals surface area contributed by atoms with E-state index in [1.165, 1.54) is 0 Å². The van der Waals surface area contributed by atoms with Crippen molar-refractivity contribution in [2.45, 2.75) is 26.2 Å². The first-order valence-electron chi connectivity index (χ1n) is 22.4. The van der Waals surface area contributed by atoms with E-state index < -0.39 is 0 Å². The molecule has 0 unspecified atom stereocenters. The van der Waals surface area contributed by atoms with Crippen molar-refractivity contribution in [3.8, 4) is 34.1 Å². The van der Waals surface area contributed by atoms with Crippen LogP contribution in [0.5, 0.6) is 11.5 Å². The van der Waals surface area contributed by atoms with E-state index in [-0.39, 0.29) is 26.5 Å². The largest absolute Gasteiger partial charge is 0.509 e. The molecule has 67 heavy (non-hydrogen) atoms. The van der Waals surface area contributed by atoms with Gasteiger partial charge in [-0.05, 0) is 70.1 Å². The Morgan fingerprint density at radius 1 is 0.507 bits per heavy atom. The van der Waals surface area contributed by atoms with Gasteiger partial charge in [-0.25, -0.2) is 4.98 Å². The van der Waals surface area contributed by atoms with Crippen molar-refractivity contribution in [1.82, 2.24) is 14.1 Å². The molecule has 0 N–H and O–H groups in total. The molecular formula is C60H44N5OPt-3. The van der Waals surface area contributed by atoms with Crippen LogP contribution in [0, 0.1) is 18.8 Å². The van der Waals surface area contributed by atoms with Crippen molar-refractivity contribution in [2.24, 2.45) is 0 Å². The first-order valence-corrected chi connectivity index (χ1v) is 22.4. The molecule has 8 aromatic carbocycles. The average Bonchev–Trinajstić information content (AvgIpc) is 4.05. The van der Waals surface area contributed by atoms with Crippen LogP contribution in [0.3, 0.4) is 0 Å². The molecule has 0 bridgehead atoms. The van der Waals surface area contributed by atoms with E-state index in [4.69, 9.17) is 9.72 Å². The Balaban J connectivity index is 0.00000494. The maximum atomic E-state index is 6.89. The molecular weight excluding hydrogens is 1000 g/mol. The van der Waals surface area contributed by atoms with E-state index in [2.05, 4.69) is 241 Å². The van der Waals surface area contributed by atoms with E-state index in [0.29, 0.717) is 11.5 Å². The molecule has 1 aliphatic rings. The minimum absolute atomic E-state index is 0. The Hall–Kier alpha value is -7.66. The normalized spacial score (nSPS) is 12.9. The molecule has 0 radical (unpaired) electrons. The second-order valence-corrected chi connectivity index (χ2v) is 17.8. The number of nitrogens with zero attached hydrogens (tertiary/aromatic N) is 5. The van der Waals surface area contributed by atoms with Gasteiger partial charge in [0.25, 0.3) is 0 Å². The quantitative estimate of drug-likeness (QED) is 0.142. The van der Waals surface area contributed by atoms with Gasteiger partial charge in [0.05, 0.1) is 11.0 Å². The van der Waals surface area contributed by atoms with Crippen LogP contribution in [0.2, 0.25) is 0 Å². The average molecular weight is 1050 g/mol. The van der Waals surface area contributed by atoms with E-state index in [9.17, 15) is 0 Å². The predicted molar refractivity (Wildman–Crippen MR) is 271 cm³/mol. The Labute approximate surface area is 404 Å². The molecule has 0 spiro atoms. The van der Waals surface area contributed by atoms with Crippen LogP contribution in [0.15, 0.2) is 207 Å². The topological polar surface area (TPSA) is 38.5 Å². The maximum absolute atomic E-state index is 6.89. The van der Waals surface area contributed by atoms with Crippen molar-refractivity contribution >= 4 is 60.7 Å². The van der Waals surface area contributed by atoms with E-state index >= 15 is 0 Å². The number of fused-ring (bicyclic) bond motifs is 6. The Bertz CT molecular complexity index is 3630. The first kappa shape index (κ1) is 42.0. The second-order valence-electron chi connectivity index (χ2n) is 17.8. The summed E-state index contributed by atoms with van der Waals surface area (Å²) < 4.78 is 11.5. The zero-order valence-corrected chi connectivity index (χ0v) is 39.4. The van der Waals surface area contributed by atoms with Crippen LogP contribution < -0.4 is 14.5 Å². The summed E-state index contributed by atoms with van der Waals surface area (Å²) in [5.74, 6) is 1.98. The molecule has 328 valence electrons. The Morgan fingerprint density at radius 2 is 1.16 bits per heavy atom. The van der Waals surface area contributed by atoms with Crippen molar-refractivity contribution in [3.63, 3.8) is 0 Å². The van der Waals surface area contributed by atoms with Gasteiger partial charge in [0.1, 0.15) is 5.82 Å². The number of hydrogen-bond acceptors (Lipinski definition) is 4. The molecule has 0 aliphatic carbocycles. The standard InChI is InChI=1S/C60H44N5O.Pt/c1-60(2,3)44-33-47(62-39-58(42-20-10-5-11-21-42)63(40-62)45-22-12-6-13-23-45)35-49(34-44)66-48-29-30-51-52-32-43(41-18-8-4-9-19-41)28-31-55(52)65(56(51)36-48)59-37-57-53(38-61-59)50-26-16-17-27-54(50)64(57)46-24-14-7-15-25-46;/h4-34,37-40H,1-3H3;/q-3;. The van der Waals surface area contributed by atoms with E-state index in [1.807, 2.05) is 24.4 Å². The van der Waals surface area contributed by atoms with Gasteiger partial charge in [0.15, 0.2) is 0 Å². The van der Waals surface area contributed by atoms with Gasteiger partial charge >= 0.3 is 0 Å². The number of pyridine rings is 1. The number of benzene rings is 8. The van der Waals surface area contributed by atoms with Crippen LogP contribution in [0.25, 0.3) is 71.9 Å². The summed E-state index contributed by atoms with van der Waals surface area (Å²) in [6.45, 7) is 8.81. The van der Waals surface area contributed by atoms with E-state index in [0.717, 1.165) is 94.4 Å². The van der Waals surface area contributed by atoms with Gasteiger partial charge in [0, 0.05) is 78.2 Å². The molecule has 3 aromatic heterocycles. The third kappa shape index (κ3) is 7.58. The second kappa shape index (κ2) is 17.0. The Morgan fingerprint density at radius 3 is 1.90 bits per heavy atom. The maximum Gasteiger partial charge on any atom is 0.137 e. The third-order valence-corrected chi connectivity index (χ3v) is 12.6. The Kier molecular flexibility index (Phi) is 10.6. The number of hydrogen-bond donors (Lipinski definition) is 0. The minimum Gasteiger partial charge on any atom is -0.509 e. The fourth-order valence-corrected chi connectivity index (χ4v) is 9.30. The van der Waals surface area contributed by atoms with Crippen LogP contribution >= 0.6 is 0 Å². The zero-order chi connectivity index (χ0) is 44.4. The van der Waals surface area contributed by atoms with Gasteiger partial charge in [0.2, 0.25) is 0 Å². The van der Waals surface area contributed by atoms with Crippen LogP contribution in [0.4, 0.5) is 11.4 Å². The number of anilines is 2. The molecule has 6 nitrogen and oxygen atoms in total. The fraction of sp³-hybridized carbons (Fsp3) is 0.0667. The summed E-state index contributed by atoms with van der Waals surface area (Å²) in [6.07, 6.45) is 4.19. The molecule has 0 saturated carbocycles. The van der Waals surface area contributed by atoms with E-state index in [1.54, 1.807) is 0 Å². The van der Waals surface area contributed by atoms with Gasteiger partial charge < -0.3 is 23.7 Å². The van der Waals surface area contributed by atoms with Gasteiger partial charge in [-0.1, -0.05) is 154 Å². The van der Waals surface area contributed by atoms with Crippen molar-refractivity contribution in [1.29, 1.82) is 0 Å². The monoisotopic (exact) mass is 1050 g/mol. The molecule has 7 heteroatoms. The van der Waals surface area contributed by atoms with Crippen LogP contribution in [-0.2, 0) is 26.5 Å². The molecule has 0 amide bonds. The molecule has 11 aromatic rings. The van der Waals surface area contributed by atoms with Gasteiger partial charge in [-0.15, -0.1) is 53.6 Å². The number of para-hydroxylation sites is 3. The summed E-state index contributed by atoms with van der Waals surface area (Å²) in [7, 11) is 0. The van der Waals surface area contributed by atoms with Crippen molar-refractivity contribution < 1.29 is 25.8 Å². The summed E-state index contributed by atoms with van der Waals surface area (Å²) in [5.41, 5.74) is 12.6. The number of ether oxygens (including phenoxy) is 1. The first-order chi connectivity index (χ1) is 32.3. The molecule has 4 heterocycles. The van der Waals surface area contributed by atoms with Crippen LogP contribution in [-0.4, -0.2) is 14.1 Å². The van der Waals surface area contributed by atoms with Crippen LogP contribution in [0.1, 0.15) is 31.9 Å². The van der Waals surface area contributed by atoms with Crippen molar-refractivity contribution in [2.75, 3.05) is 9.80 Å². The number of rotatable bonds is 8. The molecule has 1 aliphatic heterocycles. The van der Waals surface area contributed by atoms with Crippen molar-refractivity contribution in [3.05, 3.63) is 236 Å². The summed E-state index contributed by atoms with van der Waals surface area (Å²) in [5, 5.41) is 4.42. The van der Waals surface area contributed by atoms with Gasteiger partial charge in [-0.2, -0.15) is 6.07 Å². The zero-order valence-electron chi connectivity index (χ0n) is 37.2. The summed E-state index contributed by atoms with van der Waals surface area (Å²) in [6, 6.07) is 75.4. The number of aromatic nitrogens is 3. The molecule has 0 atom stereocenters. The molecule has 0 saturated heterocycles. The summed E-state index contributed by atoms with van der Waals surface area (Å²) >= 11 is 0. The third-order valence-electron chi connectivity index (χ3n) is 12.6. The summed E-state index contributed by atoms with van der Waals surface area (Å²) in [4.78, 5) is 9.58. The molecule has 12 rings (SSSR count). The SMILES string of the molecule is CC(C)(C)c1cc(Oc2[c-]c3c(cc2)c2cc(-c4ccccc4)ccc2n3-c2cc3c(cn2)c2ccccc2n3-c2ccccc2)[c-]c(N2C=C(c3ccccc3)N(c3ccccc3)[CH-]2)c1.[Pt]. The fourth-order valence-electron chi connectivity index (χ4n) is 9.30.